The van der Waals surface area contributed by atoms with Crippen LogP contribution >= 0.6 is 11.3 Å². The monoisotopic (exact) mass is 200 g/mol. The number of nitrogens with one attached hydrogen (secondary N) is 2. The Bertz CT molecular complexity index is 237. The predicted octanol–water partition coefficient (Wildman–Crippen LogP) is 1.07. The fourth-order valence-electron chi connectivity index (χ4n) is 1.05. The molecule has 0 aliphatic rings. The van der Waals surface area contributed by atoms with E-state index in [1.807, 2.05) is 18.5 Å². The van der Waals surface area contributed by atoms with Crippen molar-refractivity contribution < 1.29 is 4.74 Å². The molecule has 2 N–H and O–H groups in total. The van der Waals surface area contributed by atoms with E-state index in [9.17, 15) is 0 Å². The lowest BCUT2D eigenvalue weighted by atomic mass is 10.4. The van der Waals surface area contributed by atoms with E-state index < -0.39 is 0 Å². The lowest BCUT2D eigenvalue weighted by molar-refractivity contribution is 0.410. The summed E-state index contributed by atoms with van der Waals surface area (Å²) < 4.78 is 5.20. The maximum absolute atomic E-state index is 5.20. The Morgan fingerprint density at radius 3 is 3.00 bits per heavy atom. The molecule has 0 saturated heterocycles. The van der Waals surface area contributed by atoms with Crippen LogP contribution in [0.3, 0.4) is 0 Å². The molecule has 0 radical (unpaired) electrons. The van der Waals surface area contributed by atoms with E-state index in [1.54, 1.807) is 18.4 Å². The molecule has 1 rings (SSSR count). The zero-order valence-corrected chi connectivity index (χ0v) is 8.91. The molecule has 0 atom stereocenters. The summed E-state index contributed by atoms with van der Waals surface area (Å²) in [5.74, 6) is 0.988. The molecule has 1 heterocycles. The van der Waals surface area contributed by atoms with E-state index in [0.29, 0.717) is 0 Å². The van der Waals surface area contributed by atoms with E-state index in [1.165, 1.54) is 4.88 Å². The normalized spacial score (nSPS) is 10.3. The summed E-state index contributed by atoms with van der Waals surface area (Å²) in [5, 5.41) is 8.47. The third kappa shape index (κ3) is 3.34. The standard InChI is InChI=1S/C9H16N2OS/c1-10-4-5-11-7-9-8(12-2)3-6-13-9/h3,6,10-11H,4-5,7H2,1-2H3. The van der Waals surface area contributed by atoms with Crippen molar-refractivity contribution in [2.45, 2.75) is 6.54 Å². The Labute approximate surface area is 83.1 Å². The lowest BCUT2D eigenvalue weighted by Crippen LogP contribution is -2.24. The van der Waals surface area contributed by atoms with Gasteiger partial charge in [-0.3, -0.25) is 0 Å². The van der Waals surface area contributed by atoms with Crippen LogP contribution in [0.4, 0.5) is 0 Å². The van der Waals surface area contributed by atoms with E-state index in [4.69, 9.17) is 4.74 Å². The Hall–Kier alpha value is -0.580. The minimum Gasteiger partial charge on any atom is -0.496 e. The molecule has 0 aliphatic heterocycles. The van der Waals surface area contributed by atoms with E-state index in [2.05, 4.69) is 10.6 Å². The molecule has 0 aromatic carbocycles. The van der Waals surface area contributed by atoms with Crippen LogP contribution in [-0.4, -0.2) is 27.2 Å². The summed E-state index contributed by atoms with van der Waals surface area (Å²) in [4.78, 5) is 1.26. The Morgan fingerprint density at radius 1 is 1.46 bits per heavy atom. The van der Waals surface area contributed by atoms with Crippen molar-refractivity contribution in [2.24, 2.45) is 0 Å². The molecule has 4 heteroatoms. The summed E-state index contributed by atoms with van der Waals surface area (Å²) in [6.07, 6.45) is 0. The van der Waals surface area contributed by atoms with Crippen molar-refractivity contribution in [1.82, 2.24) is 10.6 Å². The average Bonchev–Trinajstić information content (AvgIpc) is 2.60. The number of methoxy groups -OCH3 is 1. The second-order valence-electron chi connectivity index (χ2n) is 2.69. The van der Waals surface area contributed by atoms with Gasteiger partial charge in [0.05, 0.1) is 12.0 Å². The molecule has 74 valence electrons. The molecule has 0 saturated carbocycles. The van der Waals surface area contributed by atoms with Gasteiger partial charge in [-0.1, -0.05) is 0 Å². The second-order valence-corrected chi connectivity index (χ2v) is 3.69. The third-order valence-electron chi connectivity index (χ3n) is 1.76. The fraction of sp³-hybridized carbons (Fsp3) is 0.556. The van der Waals surface area contributed by atoms with Crippen molar-refractivity contribution in [3.05, 3.63) is 16.3 Å². The fourth-order valence-corrected chi connectivity index (χ4v) is 1.86. The summed E-state index contributed by atoms with van der Waals surface area (Å²) in [7, 11) is 3.66. The zero-order valence-electron chi connectivity index (χ0n) is 8.09. The van der Waals surface area contributed by atoms with Gasteiger partial charge in [0.15, 0.2) is 0 Å². The van der Waals surface area contributed by atoms with Crippen molar-refractivity contribution in [2.75, 3.05) is 27.2 Å². The highest BCUT2D eigenvalue weighted by atomic mass is 32.1. The van der Waals surface area contributed by atoms with Gasteiger partial charge in [0.1, 0.15) is 5.75 Å². The second kappa shape index (κ2) is 5.96. The minimum absolute atomic E-state index is 0.891. The largest absolute Gasteiger partial charge is 0.496 e. The average molecular weight is 200 g/mol. The summed E-state index contributed by atoms with van der Waals surface area (Å²) >= 11 is 1.72. The highest BCUT2D eigenvalue weighted by Gasteiger charge is 2.02. The van der Waals surface area contributed by atoms with Crippen molar-refractivity contribution in [3.8, 4) is 5.75 Å². The molecule has 0 unspecified atom stereocenters. The maximum Gasteiger partial charge on any atom is 0.134 e. The smallest absolute Gasteiger partial charge is 0.134 e. The SMILES string of the molecule is CNCCNCc1sccc1OC. The minimum atomic E-state index is 0.891. The van der Waals surface area contributed by atoms with Crippen LogP contribution in [0, 0.1) is 0 Å². The third-order valence-corrected chi connectivity index (χ3v) is 2.66. The highest BCUT2D eigenvalue weighted by Crippen LogP contribution is 2.23. The molecule has 13 heavy (non-hydrogen) atoms. The first-order chi connectivity index (χ1) is 6.38. The van der Waals surface area contributed by atoms with Gasteiger partial charge in [0.2, 0.25) is 0 Å². The Balaban J connectivity index is 2.27. The van der Waals surface area contributed by atoms with Crippen LogP contribution in [0.5, 0.6) is 5.75 Å². The molecule has 3 nitrogen and oxygen atoms in total. The number of likely N-dealkylation sites (N-methyl/N-ethyl adjacent to an activating group) is 1. The molecular weight excluding hydrogens is 184 g/mol. The van der Waals surface area contributed by atoms with Crippen molar-refractivity contribution in [1.29, 1.82) is 0 Å². The number of rotatable bonds is 6. The number of hydrogen-bond donors (Lipinski definition) is 2. The van der Waals surface area contributed by atoms with E-state index >= 15 is 0 Å². The number of ether oxygens (including phenoxy) is 1. The van der Waals surface area contributed by atoms with Crippen molar-refractivity contribution in [3.63, 3.8) is 0 Å². The van der Waals surface area contributed by atoms with Crippen LogP contribution in [0.15, 0.2) is 11.4 Å². The van der Waals surface area contributed by atoms with Gasteiger partial charge < -0.3 is 15.4 Å². The number of hydrogen-bond acceptors (Lipinski definition) is 4. The molecule has 0 fully saturated rings. The molecule has 0 aliphatic carbocycles. The topological polar surface area (TPSA) is 33.3 Å². The molecule has 1 aromatic heterocycles. The number of thiophene rings is 1. The lowest BCUT2D eigenvalue weighted by Gasteiger charge is -2.04. The van der Waals surface area contributed by atoms with Crippen LogP contribution in [-0.2, 0) is 6.54 Å². The van der Waals surface area contributed by atoms with Crippen LogP contribution < -0.4 is 15.4 Å². The van der Waals surface area contributed by atoms with Gasteiger partial charge in [-0.25, -0.2) is 0 Å². The molecule has 0 bridgehead atoms. The van der Waals surface area contributed by atoms with Gasteiger partial charge in [-0.05, 0) is 18.5 Å². The highest BCUT2D eigenvalue weighted by molar-refractivity contribution is 7.10. The Morgan fingerprint density at radius 2 is 2.31 bits per heavy atom. The van der Waals surface area contributed by atoms with Gasteiger partial charge in [0.25, 0.3) is 0 Å². The maximum atomic E-state index is 5.20. The first-order valence-corrected chi connectivity index (χ1v) is 5.22. The molecule has 1 aromatic rings. The quantitative estimate of drug-likeness (QED) is 0.674. The van der Waals surface area contributed by atoms with Crippen LogP contribution in [0.1, 0.15) is 4.88 Å². The first-order valence-electron chi connectivity index (χ1n) is 4.34. The van der Waals surface area contributed by atoms with Crippen molar-refractivity contribution >= 4 is 11.3 Å². The van der Waals surface area contributed by atoms with Crippen LogP contribution in [0.25, 0.3) is 0 Å². The van der Waals surface area contributed by atoms with E-state index in [-0.39, 0.29) is 0 Å². The van der Waals surface area contributed by atoms with E-state index in [0.717, 1.165) is 25.4 Å². The summed E-state index contributed by atoms with van der Waals surface area (Å²) in [6, 6.07) is 2.00. The molecular formula is C9H16N2OS. The first kappa shape index (κ1) is 10.5. The van der Waals surface area contributed by atoms with Gasteiger partial charge in [0, 0.05) is 19.6 Å². The molecule has 0 spiro atoms. The van der Waals surface area contributed by atoms with Gasteiger partial charge in [-0.2, -0.15) is 0 Å². The summed E-state index contributed by atoms with van der Waals surface area (Å²) in [6.45, 7) is 2.87. The molecule has 0 amide bonds. The Kier molecular flexibility index (Phi) is 4.82. The summed E-state index contributed by atoms with van der Waals surface area (Å²) in [5.41, 5.74) is 0. The predicted molar refractivity (Wildman–Crippen MR) is 56.5 cm³/mol. The van der Waals surface area contributed by atoms with Crippen LogP contribution in [0.2, 0.25) is 0 Å². The van der Waals surface area contributed by atoms with Gasteiger partial charge in [-0.15, -0.1) is 11.3 Å². The van der Waals surface area contributed by atoms with Gasteiger partial charge >= 0.3 is 0 Å². The zero-order chi connectivity index (χ0) is 9.52.